The van der Waals surface area contributed by atoms with Gasteiger partial charge in [0.05, 0.1) is 17.7 Å². The quantitative estimate of drug-likeness (QED) is 0.803. The van der Waals surface area contributed by atoms with E-state index in [-0.39, 0.29) is 17.4 Å². The second-order valence-corrected chi connectivity index (χ2v) is 5.32. The largest absolute Gasteiger partial charge is 0.481 e. The van der Waals surface area contributed by atoms with Crippen LogP contribution >= 0.6 is 43.6 Å². The van der Waals surface area contributed by atoms with E-state index in [1.165, 1.54) is 6.20 Å². The smallest absolute Gasteiger partial charge is 0.313 e. The predicted octanol–water partition coefficient (Wildman–Crippen LogP) is 1.76. The van der Waals surface area contributed by atoms with Crippen LogP contribution in [0.25, 0.3) is 0 Å². The highest BCUT2D eigenvalue weighted by molar-refractivity contribution is 9.11. The number of hydrogen-bond acceptors (Lipinski definition) is 5. The zero-order valence-corrected chi connectivity index (χ0v) is 12.3. The first-order chi connectivity index (χ1) is 7.99. The van der Waals surface area contributed by atoms with Gasteiger partial charge in [0.25, 0.3) is 0 Å². The Kier molecular flexibility index (Phi) is 5.86. The lowest BCUT2D eigenvalue weighted by atomic mass is 10.6. The molecular formula is C8H7Br2N3O3S. The number of carboxylic acids is 1. The van der Waals surface area contributed by atoms with Crippen LogP contribution < -0.4 is 5.32 Å². The Bertz CT molecular complexity index is 444. The van der Waals surface area contributed by atoms with E-state index < -0.39 is 5.97 Å². The topological polar surface area (TPSA) is 92.2 Å². The first-order valence-corrected chi connectivity index (χ1v) is 7.00. The van der Waals surface area contributed by atoms with Crippen molar-refractivity contribution in [1.82, 2.24) is 9.97 Å². The van der Waals surface area contributed by atoms with E-state index >= 15 is 0 Å². The summed E-state index contributed by atoms with van der Waals surface area (Å²) in [6.07, 6.45) is 1.45. The van der Waals surface area contributed by atoms with Crippen LogP contribution in [0.4, 0.5) is 5.82 Å². The SMILES string of the molecule is O=C(O)CSCC(=O)Nc1ncc(Br)nc1Br. The molecule has 1 amide bonds. The fourth-order valence-electron chi connectivity index (χ4n) is 0.830. The second kappa shape index (κ2) is 6.92. The van der Waals surface area contributed by atoms with Crippen molar-refractivity contribution in [3.05, 3.63) is 15.4 Å². The maximum Gasteiger partial charge on any atom is 0.313 e. The van der Waals surface area contributed by atoms with E-state index in [1.807, 2.05) is 0 Å². The minimum absolute atomic E-state index is 0.0521. The van der Waals surface area contributed by atoms with Crippen molar-refractivity contribution in [2.75, 3.05) is 16.8 Å². The van der Waals surface area contributed by atoms with Gasteiger partial charge >= 0.3 is 5.97 Å². The molecule has 0 fully saturated rings. The van der Waals surface area contributed by atoms with Crippen LogP contribution in [0.15, 0.2) is 15.4 Å². The molecule has 1 rings (SSSR count). The number of thioether (sulfide) groups is 1. The molecule has 0 saturated heterocycles. The van der Waals surface area contributed by atoms with Gasteiger partial charge in [-0.15, -0.1) is 11.8 Å². The molecule has 0 unspecified atom stereocenters. The van der Waals surface area contributed by atoms with Gasteiger partial charge < -0.3 is 10.4 Å². The first kappa shape index (κ1) is 14.4. The van der Waals surface area contributed by atoms with Crippen LogP contribution in [-0.2, 0) is 9.59 Å². The fourth-order valence-corrected chi connectivity index (χ4v) is 2.27. The standard InChI is InChI=1S/C8H7Br2N3O3S/c9-4-1-11-8(7(10)12-4)13-5(14)2-17-3-6(15)16/h1H,2-3H2,(H,15,16)(H,11,13,14). The van der Waals surface area contributed by atoms with Crippen molar-refractivity contribution in [1.29, 1.82) is 0 Å². The Hall–Kier alpha value is -0.670. The molecule has 0 aromatic carbocycles. The number of carboxylic acid groups (broad SMARTS) is 1. The van der Waals surface area contributed by atoms with Gasteiger partial charge in [0.2, 0.25) is 5.91 Å². The maximum atomic E-state index is 11.4. The molecule has 0 aliphatic heterocycles. The molecule has 0 saturated carbocycles. The number of halogens is 2. The summed E-state index contributed by atoms with van der Waals surface area (Å²) in [5, 5.41) is 10.9. The predicted molar refractivity (Wildman–Crippen MR) is 71.0 cm³/mol. The van der Waals surface area contributed by atoms with Crippen LogP contribution in [-0.4, -0.2) is 38.5 Å². The van der Waals surface area contributed by atoms with E-state index in [1.54, 1.807) is 0 Å². The number of rotatable bonds is 5. The number of hydrogen-bond donors (Lipinski definition) is 2. The highest BCUT2D eigenvalue weighted by atomic mass is 79.9. The monoisotopic (exact) mass is 383 g/mol. The highest BCUT2D eigenvalue weighted by Gasteiger charge is 2.09. The zero-order valence-electron chi connectivity index (χ0n) is 8.31. The minimum Gasteiger partial charge on any atom is -0.481 e. The van der Waals surface area contributed by atoms with Gasteiger partial charge in [-0.25, -0.2) is 9.97 Å². The fraction of sp³-hybridized carbons (Fsp3) is 0.250. The second-order valence-electron chi connectivity index (χ2n) is 2.77. The van der Waals surface area contributed by atoms with Crippen molar-refractivity contribution < 1.29 is 14.7 Å². The van der Waals surface area contributed by atoms with Crippen LogP contribution in [0, 0.1) is 0 Å². The van der Waals surface area contributed by atoms with Gasteiger partial charge in [-0.1, -0.05) is 0 Å². The van der Waals surface area contributed by atoms with Crippen molar-refractivity contribution in [2.24, 2.45) is 0 Å². The average molecular weight is 385 g/mol. The van der Waals surface area contributed by atoms with Crippen molar-refractivity contribution in [3.63, 3.8) is 0 Å². The van der Waals surface area contributed by atoms with Gasteiger partial charge in [0.1, 0.15) is 9.21 Å². The molecule has 0 spiro atoms. The highest BCUT2D eigenvalue weighted by Crippen LogP contribution is 2.19. The molecule has 17 heavy (non-hydrogen) atoms. The lowest BCUT2D eigenvalue weighted by Gasteiger charge is -2.05. The molecule has 0 atom stereocenters. The summed E-state index contributed by atoms with van der Waals surface area (Å²) in [6, 6.07) is 0. The number of carbonyl (C=O) groups excluding carboxylic acids is 1. The van der Waals surface area contributed by atoms with E-state index in [2.05, 4.69) is 47.1 Å². The Morgan fingerprint density at radius 2 is 2.12 bits per heavy atom. The molecule has 6 nitrogen and oxygen atoms in total. The molecule has 1 aromatic rings. The molecule has 1 aromatic heterocycles. The van der Waals surface area contributed by atoms with Crippen LogP contribution in [0.1, 0.15) is 0 Å². The van der Waals surface area contributed by atoms with Crippen LogP contribution in [0.3, 0.4) is 0 Å². The van der Waals surface area contributed by atoms with Gasteiger partial charge in [-0.3, -0.25) is 9.59 Å². The first-order valence-electron chi connectivity index (χ1n) is 4.26. The van der Waals surface area contributed by atoms with Crippen molar-refractivity contribution >= 4 is 61.3 Å². The Morgan fingerprint density at radius 1 is 1.41 bits per heavy atom. The molecule has 0 aliphatic carbocycles. The molecule has 0 aliphatic rings. The number of aromatic nitrogens is 2. The van der Waals surface area contributed by atoms with Crippen molar-refractivity contribution in [2.45, 2.75) is 0 Å². The third-order valence-corrected chi connectivity index (χ3v) is 3.27. The third kappa shape index (κ3) is 5.46. The lowest BCUT2D eigenvalue weighted by molar-refractivity contribution is -0.133. The number of amides is 1. The Balaban J connectivity index is 2.48. The summed E-state index contributed by atoms with van der Waals surface area (Å²) < 4.78 is 0.950. The molecule has 0 radical (unpaired) electrons. The summed E-state index contributed by atoms with van der Waals surface area (Å²) in [4.78, 5) is 29.6. The maximum absolute atomic E-state index is 11.4. The number of carbonyl (C=O) groups is 2. The molecule has 92 valence electrons. The molecule has 0 bridgehead atoms. The summed E-state index contributed by atoms with van der Waals surface area (Å²) in [7, 11) is 0. The van der Waals surface area contributed by atoms with Gasteiger partial charge in [0.15, 0.2) is 5.82 Å². The van der Waals surface area contributed by atoms with Gasteiger partial charge in [-0.05, 0) is 31.9 Å². The summed E-state index contributed by atoms with van der Waals surface area (Å²) >= 11 is 7.30. The van der Waals surface area contributed by atoms with Gasteiger partial charge in [0, 0.05) is 0 Å². The van der Waals surface area contributed by atoms with E-state index in [4.69, 9.17) is 5.11 Å². The average Bonchev–Trinajstić information content (AvgIpc) is 2.21. The summed E-state index contributed by atoms with van der Waals surface area (Å²) in [6.45, 7) is 0. The Labute approximate surface area is 118 Å². The summed E-state index contributed by atoms with van der Waals surface area (Å²) in [5.41, 5.74) is 0. The van der Waals surface area contributed by atoms with Crippen LogP contribution in [0.5, 0.6) is 0 Å². The van der Waals surface area contributed by atoms with Crippen molar-refractivity contribution in [3.8, 4) is 0 Å². The van der Waals surface area contributed by atoms with E-state index in [0.29, 0.717) is 15.0 Å². The Morgan fingerprint density at radius 3 is 2.71 bits per heavy atom. The van der Waals surface area contributed by atoms with Crippen LogP contribution in [0.2, 0.25) is 0 Å². The lowest BCUT2D eigenvalue weighted by Crippen LogP contribution is -2.17. The minimum atomic E-state index is -0.951. The summed E-state index contributed by atoms with van der Waals surface area (Å²) in [5.74, 6) is -1.04. The molecule has 9 heteroatoms. The number of nitrogens with zero attached hydrogens (tertiary/aromatic N) is 2. The number of aliphatic carboxylic acids is 1. The molecular weight excluding hydrogens is 378 g/mol. The van der Waals surface area contributed by atoms with E-state index in [0.717, 1.165) is 11.8 Å². The normalized spacial score (nSPS) is 10.0. The van der Waals surface area contributed by atoms with E-state index in [9.17, 15) is 9.59 Å². The molecule has 2 N–H and O–H groups in total. The number of anilines is 1. The van der Waals surface area contributed by atoms with Gasteiger partial charge in [-0.2, -0.15) is 0 Å². The zero-order chi connectivity index (χ0) is 12.8. The number of nitrogens with one attached hydrogen (secondary N) is 1. The molecule has 1 heterocycles. The third-order valence-electron chi connectivity index (χ3n) is 1.42.